The van der Waals surface area contributed by atoms with Crippen LogP contribution in [0, 0.1) is 0 Å². The first-order chi connectivity index (χ1) is 11.4. The zero-order valence-corrected chi connectivity index (χ0v) is 13.6. The van der Waals surface area contributed by atoms with Crippen molar-refractivity contribution in [3.63, 3.8) is 0 Å². The first-order valence-electron chi connectivity index (χ1n) is 7.12. The number of Topliss-reactive ketones (excluding diaryl/α,β-unsaturated/α-hetero) is 1. The highest BCUT2D eigenvalue weighted by Gasteiger charge is 2.27. The number of allylic oxidation sites excluding steroid dienone is 3. The number of rotatable bonds is 4. The molecule has 0 aromatic heterocycles. The molecule has 1 aliphatic rings. The fraction of sp³-hybridized carbons (Fsp3) is 0.0556. The Morgan fingerprint density at radius 3 is 2.54 bits per heavy atom. The summed E-state index contributed by atoms with van der Waals surface area (Å²) in [6, 6.07) is 13.9. The SMILES string of the molecule is CS(=O)(=O)Oc1ccc2c(c1)O/C(=C/C=C/c1ccccc1)C2=O. The van der Waals surface area contributed by atoms with Crippen LogP contribution in [-0.2, 0) is 10.1 Å². The summed E-state index contributed by atoms with van der Waals surface area (Å²) in [5, 5.41) is 0. The van der Waals surface area contributed by atoms with E-state index in [4.69, 9.17) is 8.92 Å². The molecule has 5 nitrogen and oxygen atoms in total. The maximum atomic E-state index is 12.2. The third-order valence-corrected chi connectivity index (χ3v) is 3.72. The van der Waals surface area contributed by atoms with Gasteiger partial charge in [0.1, 0.15) is 11.5 Å². The third kappa shape index (κ3) is 3.72. The van der Waals surface area contributed by atoms with Gasteiger partial charge in [0.25, 0.3) is 0 Å². The largest absolute Gasteiger partial charge is 0.452 e. The third-order valence-electron chi connectivity index (χ3n) is 3.22. The molecule has 24 heavy (non-hydrogen) atoms. The minimum Gasteiger partial charge on any atom is -0.452 e. The second kappa shape index (κ2) is 6.33. The van der Waals surface area contributed by atoms with Crippen molar-refractivity contribution in [3.8, 4) is 11.5 Å². The first kappa shape index (κ1) is 16.0. The quantitative estimate of drug-likeness (QED) is 0.630. The molecule has 0 bridgehead atoms. The van der Waals surface area contributed by atoms with Crippen LogP contribution in [0.15, 0.2) is 66.4 Å². The van der Waals surface area contributed by atoms with Crippen LogP contribution in [0.1, 0.15) is 15.9 Å². The summed E-state index contributed by atoms with van der Waals surface area (Å²) in [5.41, 5.74) is 1.37. The molecule has 0 unspecified atom stereocenters. The summed E-state index contributed by atoms with van der Waals surface area (Å²) in [6.07, 6.45) is 6.10. The zero-order chi connectivity index (χ0) is 17.2. The van der Waals surface area contributed by atoms with Gasteiger partial charge in [0.2, 0.25) is 5.78 Å². The molecule has 0 saturated heterocycles. The number of hydrogen-bond acceptors (Lipinski definition) is 5. The summed E-state index contributed by atoms with van der Waals surface area (Å²) < 4.78 is 32.6. The van der Waals surface area contributed by atoms with Gasteiger partial charge in [-0.2, -0.15) is 8.42 Å². The molecule has 0 atom stereocenters. The summed E-state index contributed by atoms with van der Waals surface area (Å²) in [4.78, 5) is 12.2. The molecule has 1 aliphatic heterocycles. The van der Waals surface area contributed by atoms with Gasteiger partial charge in [-0.05, 0) is 23.8 Å². The Hall–Kier alpha value is -2.86. The van der Waals surface area contributed by atoms with Crippen LogP contribution in [0.3, 0.4) is 0 Å². The van der Waals surface area contributed by atoms with E-state index in [0.29, 0.717) is 5.56 Å². The van der Waals surface area contributed by atoms with Gasteiger partial charge in [0.05, 0.1) is 11.8 Å². The van der Waals surface area contributed by atoms with E-state index in [9.17, 15) is 13.2 Å². The summed E-state index contributed by atoms with van der Waals surface area (Å²) in [5.74, 6) is 0.299. The number of carbonyl (C=O) groups excluding carboxylic acids is 1. The molecule has 6 heteroatoms. The molecule has 0 N–H and O–H groups in total. The van der Waals surface area contributed by atoms with Gasteiger partial charge in [0.15, 0.2) is 5.76 Å². The van der Waals surface area contributed by atoms with E-state index in [2.05, 4.69) is 0 Å². The molecule has 0 amide bonds. The lowest BCUT2D eigenvalue weighted by molar-refractivity contribution is 0.101. The summed E-state index contributed by atoms with van der Waals surface area (Å²) in [7, 11) is -3.63. The topological polar surface area (TPSA) is 69.7 Å². The minimum absolute atomic E-state index is 0.102. The van der Waals surface area contributed by atoms with Crippen molar-refractivity contribution in [3.05, 3.63) is 77.6 Å². The molecular formula is C18H14O5S. The lowest BCUT2D eigenvalue weighted by atomic mass is 10.1. The molecule has 3 rings (SSSR count). The van der Waals surface area contributed by atoms with Crippen molar-refractivity contribution in [2.45, 2.75) is 0 Å². The van der Waals surface area contributed by atoms with Crippen LogP contribution in [0.4, 0.5) is 0 Å². The Balaban J connectivity index is 1.80. The normalized spacial score (nSPS) is 15.5. The Morgan fingerprint density at radius 2 is 1.83 bits per heavy atom. The van der Waals surface area contributed by atoms with Crippen molar-refractivity contribution in [2.24, 2.45) is 0 Å². The van der Waals surface area contributed by atoms with Gasteiger partial charge in [-0.1, -0.05) is 42.5 Å². The lowest BCUT2D eigenvalue weighted by Crippen LogP contribution is -2.05. The van der Waals surface area contributed by atoms with E-state index in [-0.39, 0.29) is 23.0 Å². The predicted molar refractivity (Wildman–Crippen MR) is 90.4 cm³/mol. The van der Waals surface area contributed by atoms with E-state index >= 15 is 0 Å². The standard InChI is InChI=1S/C18H14O5S/c1-24(20,21)23-14-10-11-15-17(12-14)22-16(18(15)19)9-5-8-13-6-3-2-4-7-13/h2-12H,1H3/b8-5+,16-9+. The van der Waals surface area contributed by atoms with E-state index in [1.165, 1.54) is 18.2 Å². The molecule has 0 fully saturated rings. The lowest BCUT2D eigenvalue weighted by Gasteiger charge is -2.03. The summed E-state index contributed by atoms with van der Waals surface area (Å²) in [6.45, 7) is 0. The highest BCUT2D eigenvalue weighted by molar-refractivity contribution is 7.86. The average Bonchev–Trinajstić information content (AvgIpc) is 2.83. The van der Waals surface area contributed by atoms with Crippen LogP contribution in [-0.4, -0.2) is 20.5 Å². The first-order valence-corrected chi connectivity index (χ1v) is 8.93. The molecular weight excluding hydrogens is 328 g/mol. The van der Waals surface area contributed by atoms with Crippen molar-refractivity contribution >= 4 is 22.0 Å². The molecule has 122 valence electrons. The fourth-order valence-corrected chi connectivity index (χ4v) is 2.67. The maximum absolute atomic E-state index is 12.2. The Morgan fingerprint density at radius 1 is 1.08 bits per heavy atom. The Kier molecular flexibility index (Phi) is 4.22. The van der Waals surface area contributed by atoms with Crippen LogP contribution in [0.25, 0.3) is 6.08 Å². The molecule has 0 radical (unpaired) electrons. The average molecular weight is 342 g/mol. The molecule has 2 aromatic rings. The van der Waals surface area contributed by atoms with Crippen molar-refractivity contribution in [2.75, 3.05) is 6.26 Å². The van der Waals surface area contributed by atoms with Crippen LogP contribution in [0.2, 0.25) is 0 Å². The fourth-order valence-electron chi connectivity index (χ4n) is 2.22. The minimum atomic E-state index is -3.63. The second-order valence-corrected chi connectivity index (χ2v) is 6.75. The van der Waals surface area contributed by atoms with E-state index in [1.54, 1.807) is 12.2 Å². The molecule has 2 aromatic carbocycles. The number of ketones is 1. The van der Waals surface area contributed by atoms with E-state index in [0.717, 1.165) is 11.8 Å². The van der Waals surface area contributed by atoms with Crippen LogP contribution in [0.5, 0.6) is 11.5 Å². The van der Waals surface area contributed by atoms with Gasteiger partial charge in [-0.3, -0.25) is 4.79 Å². The van der Waals surface area contributed by atoms with E-state index in [1.807, 2.05) is 36.4 Å². The van der Waals surface area contributed by atoms with Crippen molar-refractivity contribution in [1.82, 2.24) is 0 Å². The van der Waals surface area contributed by atoms with Gasteiger partial charge >= 0.3 is 10.1 Å². The van der Waals surface area contributed by atoms with Gasteiger partial charge in [-0.15, -0.1) is 0 Å². The zero-order valence-electron chi connectivity index (χ0n) is 12.8. The van der Waals surface area contributed by atoms with Crippen LogP contribution >= 0.6 is 0 Å². The second-order valence-electron chi connectivity index (χ2n) is 5.18. The van der Waals surface area contributed by atoms with Gasteiger partial charge in [-0.25, -0.2) is 0 Å². The Bertz CT molecular complexity index is 941. The highest BCUT2D eigenvalue weighted by Crippen LogP contribution is 2.34. The smallest absolute Gasteiger partial charge is 0.306 e. The van der Waals surface area contributed by atoms with Crippen LogP contribution < -0.4 is 8.92 Å². The number of fused-ring (bicyclic) bond motifs is 1. The van der Waals surface area contributed by atoms with E-state index < -0.39 is 10.1 Å². The monoisotopic (exact) mass is 342 g/mol. The number of benzene rings is 2. The van der Waals surface area contributed by atoms with Crippen molar-refractivity contribution < 1.29 is 22.1 Å². The molecule has 1 heterocycles. The van der Waals surface area contributed by atoms with Crippen molar-refractivity contribution in [1.29, 1.82) is 0 Å². The molecule has 0 spiro atoms. The van der Waals surface area contributed by atoms with Gasteiger partial charge < -0.3 is 8.92 Å². The highest BCUT2D eigenvalue weighted by atomic mass is 32.2. The predicted octanol–water partition coefficient (Wildman–Crippen LogP) is 3.20. The number of hydrogen-bond donors (Lipinski definition) is 0. The van der Waals surface area contributed by atoms with Gasteiger partial charge in [0, 0.05) is 6.07 Å². The maximum Gasteiger partial charge on any atom is 0.306 e. The number of ether oxygens (including phenoxy) is 1. The number of carbonyl (C=O) groups is 1. The Labute approximate surface area is 140 Å². The molecule has 0 saturated carbocycles. The molecule has 0 aliphatic carbocycles. The summed E-state index contributed by atoms with van der Waals surface area (Å²) >= 11 is 0.